The number of phenols is 1. The Morgan fingerprint density at radius 2 is 1.74 bits per heavy atom. The summed E-state index contributed by atoms with van der Waals surface area (Å²) in [5.74, 6) is 0.111. The largest absolute Gasteiger partial charge is 0.508 e. The molecule has 4 rings (SSSR count). The van der Waals surface area contributed by atoms with E-state index < -0.39 is 10.0 Å². The van der Waals surface area contributed by atoms with Crippen molar-refractivity contribution in [3.05, 3.63) is 75.2 Å². The van der Waals surface area contributed by atoms with Gasteiger partial charge in [-0.1, -0.05) is 37.0 Å². The smallest absolute Gasteiger partial charge is 0.278 e. The van der Waals surface area contributed by atoms with E-state index in [9.17, 15) is 13.5 Å². The normalized spacial score (nSPS) is 11.9. The van der Waals surface area contributed by atoms with E-state index in [-0.39, 0.29) is 9.96 Å². The first-order valence-corrected chi connectivity index (χ1v) is 14.1. The summed E-state index contributed by atoms with van der Waals surface area (Å²) in [6.07, 6.45) is 0. The predicted molar refractivity (Wildman–Crippen MR) is 145 cm³/mol. The van der Waals surface area contributed by atoms with Crippen molar-refractivity contribution in [2.24, 2.45) is 0 Å². The molecule has 0 spiro atoms. The summed E-state index contributed by atoms with van der Waals surface area (Å²) >= 11 is 13.3. The molecule has 6 nitrogen and oxygen atoms in total. The number of halogens is 2. The van der Waals surface area contributed by atoms with E-state index in [1.54, 1.807) is 49.4 Å². The Hall–Kier alpha value is -2.36. The quantitative estimate of drug-likeness (QED) is 0.256. The fourth-order valence-corrected chi connectivity index (χ4v) is 7.14. The summed E-state index contributed by atoms with van der Waals surface area (Å²) in [6, 6.07) is 14.8. The highest BCUT2D eigenvalue weighted by molar-refractivity contribution is 7.95. The molecule has 10 heteroatoms. The third-order valence-electron chi connectivity index (χ3n) is 5.73. The number of aromatic nitrogens is 1. The first-order chi connectivity index (χ1) is 16.6. The minimum Gasteiger partial charge on any atom is -0.508 e. The van der Waals surface area contributed by atoms with E-state index in [4.69, 9.17) is 23.2 Å². The van der Waals surface area contributed by atoms with Gasteiger partial charge in [0.1, 0.15) is 9.96 Å². The molecule has 0 saturated carbocycles. The summed E-state index contributed by atoms with van der Waals surface area (Å²) in [4.78, 5) is 6.70. The Balaban J connectivity index is 1.99. The molecule has 0 aliphatic carbocycles. The zero-order valence-electron chi connectivity index (χ0n) is 19.5. The lowest BCUT2D eigenvalue weighted by Gasteiger charge is -2.27. The van der Waals surface area contributed by atoms with Crippen LogP contribution in [0.15, 0.2) is 58.8 Å². The highest BCUT2D eigenvalue weighted by atomic mass is 35.5. The zero-order chi connectivity index (χ0) is 25.3. The van der Waals surface area contributed by atoms with Crippen molar-refractivity contribution < 1.29 is 13.5 Å². The second-order valence-electron chi connectivity index (χ2n) is 8.05. The number of nitrogens with zero attached hydrogens (tertiary/aromatic N) is 3. The number of pyridine rings is 1. The summed E-state index contributed by atoms with van der Waals surface area (Å²) in [5.41, 5.74) is 2.69. The topological polar surface area (TPSA) is 73.7 Å². The minimum absolute atomic E-state index is 0.109. The fourth-order valence-electron chi connectivity index (χ4n) is 3.93. The average Bonchev–Trinajstić information content (AvgIpc) is 3.26. The lowest BCUT2D eigenvalue weighted by molar-refractivity contribution is 0.291. The Morgan fingerprint density at radius 1 is 1.00 bits per heavy atom. The van der Waals surface area contributed by atoms with Crippen LogP contribution in [0.1, 0.15) is 25.1 Å². The summed E-state index contributed by atoms with van der Waals surface area (Å²) in [7, 11) is -4.06. The van der Waals surface area contributed by atoms with E-state index in [1.807, 2.05) is 13.8 Å². The van der Waals surface area contributed by atoms with Gasteiger partial charge in [-0.15, -0.1) is 11.3 Å². The number of hydrogen-bond acceptors (Lipinski definition) is 6. The van der Waals surface area contributed by atoms with Gasteiger partial charge in [0.2, 0.25) is 0 Å². The maximum Gasteiger partial charge on any atom is 0.278 e. The second kappa shape index (κ2) is 10.3. The molecule has 0 saturated heterocycles. The van der Waals surface area contributed by atoms with Crippen molar-refractivity contribution >= 4 is 66.8 Å². The molecule has 0 amide bonds. The van der Waals surface area contributed by atoms with Crippen LogP contribution in [0.4, 0.5) is 11.4 Å². The fraction of sp³-hybridized carbons (Fsp3) is 0.240. The number of anilines is 2. The van der Waals surface area contributed by atoms with Crippen LogP contribution >= 0.6 is 34.5 Å². The van der Waals surface area contributed by atoms with Gasteiger partial charge < -0.3 is 5.11 Å². The number of phenolic OH excluding ortho intramolecular Hbond substituents is 1. The number of hydrogen-bond donors (Lipinski definition) is 1. The molecule has 0 radical (unpaired) electrons. The van der Waals surface area contributed by atoms with Crippen molar-refractivity contribution in [2.75, 3.05) is 17.4 Å². The molecule has 0 aliphatic heterocycles. The molecule has 0 bridgehead atoms. The molecule has 35 heavy (non-hydrogen) atoms. The Labute approximate surface area is 219 Å². The molecule has 0 aliphatic rings. The first-order valence-electron chi connectivity index (χ1n) is 11.1. The van der Waals surface area contributed by atoms with Gasteiger partial charge in [0.05, 0.1) is 21.2 Å². The van der Waals surface area contributed by atoms with Gasteiger partial charge in [0.25, 0.3) is 10.0 Å². The first kappa shape index (κ1) is 25.7. The number of benzene rings is 2. The highest BCUT2D eigenvalue weighted by Crippen LogP contribution is 2.41. The Kier molecular flexibility index (Phi) is 7.59. The van der Waals surface area contributed by atoms with Gasteiger partial charge in [0, 0.05) is 28.2 Å². The SMILES string of the molecule is CCN(CC)Cc1cc(N(c2cc(C)nc3cc(Cl)ccc23)S(=O)(=O)c2ccc(Cl)s2)ccc1O. The molecular formula is C25H25Cl2N3O3S2. The van der Waals surface area contributed by atoms with Crippen molar-refractivity contribution in [3.8, 4) is 5.75 Å². The highest BCUT2D eigenvalue weighted by Gasteiger charge is 2.30. The lowest BCUT2D eigenvalue weighted by Crippen LogP contribution is -2.27. The lowest BCUT2D eigenvalue weighted by atomic mass is 10.1. The van der Waals surface area contributed by atoms with Crippen molar-refractivity contribution in [1.29, 1.82) is 0 Å². The number of aryl methyl sites for hydroxylation is 1. The molecule has 1 N–H and O–H groups in total. The van der Waals surface area contributed by atoms with E-state index in [1.165, 1.54) is 16.4 Å². The summed E-state index contributed by atoms with van der Waals surface area (Å²) in [6.45, 7) is 7.96. The van der Waals surface area contributed by atoms with Crippen molar-refractivity contribution in [1.82, 2.24) is 9.88 Å². The monoisotopic (exact) mass is 549 g/mol. The maximum atomic E-state index is 14.1. The number of fused-ring (bicyclic) bond motifs is 1. The van der Waals surface area contributed by atoms with Crippen LogP contribution in [-0.2, 0) is 16.6 Å². The van der Waals surface area contributed by atoms with Crippen molar-refractivity contribution in [2.45, 2.75) is 31.5 Å². The molecule has 0 fully saturated rings. The van der Waals surface area contributed by atoms with Gasteiger partial charge in [0.15, 0.2) is 0 Å². The number of sulfonamides is 1. The van der Waals surface area contributed by atoms with Crippen LogP contribution in [0.2, 0.25) is 9.36 Å². The van der Waals surface area contributed by atoms with E-state index in [0.717, 1.165) is 24.4 Å². The maximum absolute atomic E-state index is 14.1. The van der Waals surface area contributed by atoms with Crippen LogP contribution in [0.25, 0.3) is 10.9 Å². The molecule has 2 aromatic carbocycles. The molecule has 0 unspecified atom stereocenters. The average molecular weight is 551 g/mol. The van der Waals surface area contributed by atoms with Crippen LogP contribution < -0.4 is 4.31 Å². The Bertz CT molecular complexity index is 1480. The van der Waals surface area contributed by atoms with E-state index in [0.29, 0.717) is 49.4 Å². The van der Waals surface area contributed by atoms with E-state index in [2.05, 4.69) is 9.88 Å². The third kappa shape index (κ3) is 5.27. The molecule has 2 heterocycles. The number of thiophene rings is 1. The predicted octanol–water partition coefficient (Wildman–Crippen LogP) is 6.99. The van der Waals surface area contributed by atoms with Crippen molar-refractivity contribution in [3.63, 3.8) is 0 Å². The van der Waals surface area contributed by atoms with Crippen LogP contribution in [-0.4, -0.2) is 36.5 Å². The molecule has 2 aromatic heterocycles. The molecule has 4 aromatic rings. The standard InChI is InChI=1S/C25H25Cl2N3O3S2/c1-4-29(5-2)15-17-13-19(7-9-23(17)31)30(35(32,33)25-11-10-24(27)34-25)22-12-16(3)28-21-14-18(26)6-8-20(21)22/h6-14,31H,4-5,15H2,1-3H3. The van der Waals surface area contributed by atoms with Crippen LogP contribution in [0.5, 0.6) is 5.75 Å². The molecule has 184 valence electrons. The zero-order valence-corrected chi connectivity index (χ0v) is 22.6. The van der Waals surface area contributed by atoms with Crippen LogP contribution in [0, 0.1) is 6.92 Å². The van der Waals surface area contributed by atoms with Gasteiger partial charge in [-0.2, -0.15) is 8.42 Å². The summed E-state index contributed by atoms with van der Waals surface area (Å²) in [5, 5.41) is 11.7. The molecule has 0 atom stereocenters. The molecular weight excluding hydrogens is 525 g/mol. The van der Waals surface area contributed by atoms with Gasteiger partial charge in [-0.05, 0) is 74.6 Å². The minimum atomic E-state index is -4.06. The van der Waals surface area contributed by atoms with Gasteiger partial charge in [-0.3, -0.25) is 9.88 Å². The Morgan fingerprint density at radius 3 is 2.40 bits per heavy atom. The second-order valence-corrected chi connectivity index (χ2v) is 12.2. The van der Waals surface area contributed by atoms with Crippen LogP contribution in [0.3, 0.4) is 0 Å². The van der Waals surface area contributed by atoms with Gasteiger partial charge >= 0.3 is 0 Å². The number of aromatic hydroxyl groups is 1. The summed E-state index contributed by atoms with van der Waals surface area (Å²) < 4.78 is 29.9. The number of rotatable bonds is 8. The van der Waals surface area contributed by atoms with E-state index >= 15 is 0 Å². The van der Waals surface area contributed by atoms with Gasteiger partial charge in [-0.25, -0.2) is 4.31 Å². The third-order valence-corrected chi connectivity index (χ3v) is 9.40.